The van der Waals surface area contributed by atoms with Crippen LogP contribution in [0.15, 0.2) is 138 Å². The van der Waals surface area contributed by atoms with Crippen LogP contribution >= 0.6 is 0 Å². The molecule has 0 aliphatic carbocycles. The summed E-state index contributed by atoms with van der Waals surface area (Å²) in [7, 11) is -6.81. The van der Waals surface area contributed by atoms with Gasteiger partial charge in [-0.3, -0.25) is 4.79 Å². The zero-order chi connectivity index (χ0) is 43.0. The minimum absolute atomic E-state index is 0.0726. The Morgan fingerprint density at radius 2 is 1.22 bits per heavy atom. The number of benzene rings is 5. The fourth-order valence-corrected chi connectivity index (χ4v) is 15.2. The van der Waals surface area contributed by atoms with E-state index in [1.165, 1.54) is 14.7 Å². The molecule has 0 aliphatic heterocycles. The molecule has 5 rings (SSSR count). The van der Waals surface area contributed by atoms with Gasteiger partial charge in [0.05, 0.1) is 23.0 Å². The zero-order valence-electron chi connectivity index (χ0n) is 36.3. The van der Waals surface area contributed by atoms with Gasteiger partial charge in [0, 0.05) is 13.2 Å². The zero-order valence-corrected chi connectivity index (χ0v) is 38.1. The fraction of sp³-hybridized carbons (Fsp3) is 0.380. The van der Waals surface area contributed by atoms with E-state index >= 15 is 0 Å². The number of aliphatic hydroxyl groups excluding tert-OH is 1. The molecule has 7 nitrogen and oxygen atoms in total. The molecule has 5 atom stereocenters. The average molecular weight is 834 g/mol. The van der Waals surface area contributed by atoms with Crippen LogP contribution in [0.4, 0.5) is 0 Å². The van der Waals surface area contributed by atoms with E-state index in [2.05, 4.69) is 69.3 Å². The summed E-state index contributed by atoms with van der Waals surface area (Å²) in [5.41, 5.74) is 3.76. The van der Waals surface area contributed by atoms with Gasteiger partial charge in [-0.15, -0.1) is 0 Å². The molecule has 0 aliphatic rings. The van der Waals surface area contributed by atoms with Crippen LogP contribution < -0.4 is 10.4 Å². The van der Waals surface area contributed by atoms with Gasteiger partial charge in [0.25, 0.3) is 8.32 Å². The summed E-state index contributed by atoms with van der Waals surface area (Å²) in [4.78, 5) is 14.4. The van der Waals surface area contributed by atoms with Gasteiger partial charge in [-0.1, -0.05) is 167 Å². The van der Waals surface area contributed by atoms with Crippen molar-refractivity contribution in [2.75, 3.05) is 6.61 Å². The molecule has 0 spiro atoms. The SMILES string of the molecule is Cc1cc(C)c(S(=O)(=O)N(Cc2ccccc2)[C@@H](C)[C@H](OC(=O)[C@H](C)[C@H](O)[C@@H](C)CCCO[Si](c2ccccc2)(c2ccccc2)C(C)(C)C)c2ccccc2)c(C)c1. The number of esters is 1. The molecule has 0 unspecified atom stereocenters. The first-order valence-corrected chi connectivity index (χ1v) is 24.2. The Bertz CT molecular complexity index is 2150. The Balaban J connectivity index is 1.35. The molecule has 9 heteroatoms. The summed E-state index contributed by atoms with van der Waals surface area (Å²) in [6.07, 6.45) is -0.631. The summed E-state index contributed by atoms with van der Waals surface area (Å²) in [5, 5.41) is 13.9. The van der Waals surface area contributed by atoms with Gasteiger partial charge in [-0.05, 0) is 91.0 Å². The van der Waals surface area contributed by atoms with Crippen molar-refractivity contribution >= 4 is 34.7 Å². The van der Waals surface area contributed by atoms with Crippen LogP contribution in [0.5, 0.6) is 0 Å². The summed E-state index contributed by atoms with van der Waals surface area (Å²) < 4.78 is 44.5. The molecule has 1 N–H and O–H groups in total. The second-order valence-corrected chi connectivity index (χ2v) is 23.3. The minimum atomic E-state index is -4.10. The number of nitrogens with zero attached hydrogens (tertiary/aromatic N) is 1. The molecule has 0 aromatic heterocycles. The average Bonchev–Trinajstić information content (AvgIpc) is 3.21. The van der Waals surface area contributed by atoms with E-state index < -0.39 is 48.5 Å². The van der Waals surface area contributed by atoms with Crippen LogP contribution in [0.3, 0.4) is 0 Å². The lowest BCUT2D eigenvalue weighted by Gasteiger charge is -2.43. The number of rotatable bonds is 18. The molecule has 0 heterocycles. The van der Waals surface area contributed by atoms with Gasteiger partial charge < -0.3 is 14.3 Å². The molecule has 5 aromatic rings. The highest BCUT2D eigenvalue weighted by Gasteiger charge is 2.50. The highest BCUT2D eigenvalue weighted by atomic mass is 32.2. The van der Waals surface area contributed by atoms with Crippen molar-refractivity contribution in [2.24, 2.45) is 11.8 Å². The second-order valence-electron chi connectivity index (χ2n) is 17.2. The van der Waals surface area contributed by atoms with Crippen molar-refractivity contribution < 1.29 is 27.5 Å². The van der Waals surface area contributed by atoms with Crippen molar-refractivity contribution in [1.82, 2.24) is 4.31 Å². The number of carbonyl (C=O) groups is 1. The van der Waals surface area contributed by atoms with Gasteiger partial charge in [0.1, 0.15) is 6.10 Å². The van der Waals surface area contributed by atoms with E-state index in [0.717, 1.165) is 11.1 Å². The summed E-state index contributed by atoms with van der Waals surface area (Å²) >= 11 is 0. The molecule has 0 amide bonds. The van der Waals surface area contributed by atoms with E-state index in [1.54, 1.807) is 13.8 Å². The number of ether oxygens (including phenoxy) is 1. The van der Waals surface area contributed by atoms with E-state index in [9.17, 15) is 18.3 Å². The molecule has 314 valence electrons. The lowest BCUT2D eigenvalue weighted by atomic mass is 9.90. The quantitative estimate of drug-likeness (QED) is 0.0538. The smallest absolute Gasteiger partial charge is 0.311 e. The largest absolute Gasteiger partial charge is 0.455 e. The molecule has 0 radical (unpaired) electrons. The van der Waals surface area contributed by atoms with E-state index in [-0.39, 0.29) is 22.4 Å². The first-order valence-electron chi connectivity index (χ1n) is 20.8. The standard InChI is InChI=1S/C50H63NO6SSi/c1-36-33-38(3)48(39(4)34-36)58(54,55)51(35-42-24-14-10-15-25-42)41(6)47(43-26-16-11-17-27-43)57-49(53)40(5)46(52)37(2)23-22-32-56-59(50(7,8)9,44-28-18-12-19-29-44)45-30-20-13-21-31-45/h10-21,24-31,33-34,37,40-41,46-47,52H,22-23,32,35H2,1-9H3/t37-,40+,41-,46+,47-/m0/s1. The first-order chi connectivity index (χ1) is 28.0. The Hall–Kier alpha value is -4.38. The van der Waals surface area contributed by atoms with E-state index in [0.29, 0.717) is 36.1 Å². The lowest BCUT2D eigenvalue weighted by Crippen LogP contribution is -2.66. The molecule has 59 heavy (non-hydrogen) atoms. The third-order valence-corrected chi connectivity index (χ3v) is 18.9. The Kier molecular flexibility index (Phi) is 15.3. The highest BCUT2D eigenvalue weighted by Crippen LogP contribution is 2.38. The predicted octanol–water partition coefficient (Wildman–Crippen LogP) is 9.47. The maximum absolute atomic E-state index is 14.8. The number of hydrogen-bond donors (Lipinski definition) is 1. The molecule has 0 fully saturated rings. The number of hydrogen-bond acceptors (Lipinski definition) is 6. The number of sulfonamides is 1. The summed E-state index contributed by atoms with van der Waals surface area (Å²) in [6, 6.07) is 42.7. The summed E-state index contributed by atoms with van der Waals surface area (Å²) in [5.74, 6) is -1.70. The van der Waals surface area contributed by atoms with Crippen molar-refractivity contribution in [1.29, 1.82) is 0 Å². The molecule has 0 bridgehead atoms. The van der Waals surface area contributed by atoms with Crippen LogP contribution in [0, 0.1) is 32.6 Å². The van der Waals surface area contributed by atoms with Crippen LogP contribution in [-0.4, -0.2) is 50.9 Å². The summed E-state index contributed by atoms with van der Waals surface area (Å²) in [6.45, 7) is 18.4. The van der Waals surface area contributed by atoms with Crippen molar-refractivity contribution in [3.8, 4) is 0 Å². The van der Waals surface area contributed by atoms with Crippen molar-refractivity contribution in [3.05, 3.63) is 161 Å². The normalized spacial score (nSPS) is 15.0. The molecule has 0 saturated heterocycles. The third-order valence-electron chi connectivity index (χ3n) is 11.6. The highest BCUT2D eigenvalue weighted by molar-refractivity contribution is 7.89. The predicted molar refractivity (Wildman–Crippen MR) is 242 cm³/mol. The van der Waals surface area contributed by atoms with Gasteiger partial charge in [-0.2, -0.15) is 4.31 Å². The minimum Gasteiger partial charge on any atom is -0.455 e. The Morgan fingerprint density at radius 1 is 0.746 bits per heavy atom. The number of aryl methyl sites for hydroxylation is 3. The molecule has 5 aromatic carbocycles. The van der Waals surface area contributed by atoms with Crippen molar-refractivity contribution in [3.63, 3.8) is 0 Å². The Morgan fingerprint density at radius 3 is 1.71 bits per heavy atom. The second kappa shape index (κ2) is 19.8. The van der Waals surface area contributed by atoms with Crippen molar-refractivity contribution in [2.45, 2.75) is 110 Å². The third kappa shape index (κ3) is 10.5. The molecular weight excluding hydrogens is 771 g/mol. The maximum atomic E-state index is 14.8. The topological polar surface area (TPSA) is 93.1 Å². The van der Waals surface area contributed by atoms with Crippen LogP contribution in [0.25, 0.3) is 0 Å². The fourth-order valence-electron chi connectivity index (χ4n) is 8.57. The van der Waals surface area contributed by atoms with Gasteiger partial charge in [-0.25, -0.2) is 8.42 Å². The lowest BCUT2D eigenvalue weighted by molar-refractivity contribution is -0.161. The number of carbonyl (C=O) groups excluding carboxylic acids is 1. The maximum Gasteiger partial charge on any atom is 0.311 e. The van der Waals surface area contributed by atoms with E-state index in [4.69, 9.17) is 9.16 Å². The van der Waals surface area contributed by atoms with Gasteiger partial charge >= 0.3 is 5.97 Å². The molecular formula is C50H63NO6SSi. The van der Waals surface area contributed by atoms with Crippen LogP contribution in [0.2, 0.25) is 5.04 Å². The van der Waals surface area contributed by atoms with Gasteiger partial charge in [0.2, 0.25) is 10.0 Å². The molecule has 0 saturated carbocycles. The first kappa shape index (κ1) is 45.7. The van der Waals surface area contributed by atoms with Crippen LogP contribution in [0.1, 0.15) is 88.3 Å². The van der Waals surface area contributed by atoms with Crippen LogP contribution in [-0.2, 0) is 30.5 Å². The monoisotopic (exact) mass is 833 g/mol. The Labute approximate surface area is 354 Å². The van der Waals surface area contributed by atoms with E-state index in [1.807, 2.05) is 113 Å². The number of aliphatic hydroxyl groups is 1. The van der Waals surface area contributed by atoms with Gasteiger partial charge in [0.15, 0.2) is 0 Å².